The van der Waals surface area contributed by atoms with Crippen molar-refractivity contribution in [2.75, 3.05) is 6.54 Å². The third-order valence-corrected chi connectivity index (χ3v) is 12.1. The van der Waals surface area contributed by atoms with Crippen molar-refractivity contribution in [2.24, 2.45) is 23.2 Å². The number of rotatable bonds is 9. The Labute approximate surface area is 250 Å². The van der Waals surface area contributed by atoms with Crippen LogP contribution in [-0.2, 0) is 10.2 Å². The lowest BCUT2D eigenvalue weighted by atomic mass is 9.60. The first kappa shape index (κ1) is 30.5. The van der Waals surface area contributed by atoms with Crippen molar-refractivity contribution in [2.45, 2.75) is 122 Å². The fourth-order valence-electron chi connectivity index (χ4n) is 8.45. The predicted octanol–water partition coefficient (Wildman–Crippen LogP) is 7.16. The zero-order valence-corrected chi connectivity index (χ0v) is 26.3. The number of aliphatic hydroxyl groups is 2. The molecule has 41 heavy (non-hydrogen) atoms. The molecule has 0 saturated heterocycles. The summed E-state index contributed by atoms with van der Waals surface area (Å²) in [5.74, 6) is 1.75. The minimum absolute atomic E-state index is 0.121. The predicted molar refractivity (Wildman–Crippen MR) is 165 cm³/mol. The summed E-state index contributed by atoms with van der Waals surface area (Å²) in [6.45, 7) is 13.6. The Morgan fingerprint density at radius 1 is 1.27 bits per heavy atom. The van der Waals surface area contributed by atoms with E-state index in [1.54, 1.807) is 11.3 Å². The topological polar surface area (TPSA) is 91.7 Å². The van der Waals surface area contributed by atoms with E-state index in [0.29, 0.717) is 37.1 Å². The molecule has 4 aliphatic carbocycles. The fraction of sp³-hybridized carbons (Fsp3) is 0.706. The van der Waals surface area contributed by atoms with E-state index in [0.717, 1.165) is 54.0 Å². The van der Waals surface area contributed by atoms with E-state index >= 15 is 0 Å². The number of carbonyl (C=O) groups excluding carboxylic acids is 1. The van der Waals surface area contributed by atoms with Crippen LogP contribution in [0.25, 0.3) is 0 Å². The largest absolute Gasteiger partial charge is 0.445 e. The van der Waals surface area contributed by atoms with Crippen LogP contribution in [0.5, 0.6) is 0 Å². The molecule has 4 saturated carbocycles. The van der Waals surface area contributed by atoms with Crippen LogP contribution in [0.4, 0.5) is 4.79 Å². The molecule has 4 aliphatic rings. The van der Waals surface area contributed by atoms with Crippen molar-refractivity contribution < 1.29 is 19.7 Å². The van der Waals surface area contributed by atoms with Crippen LogP contribution in [0.2, 0.25) is 0 Å². The molecule has 0 aliphatic heterocycles. The molecule has 1 heterocycles. The molecule has 1 aromatic rings. The van der Waals surface area contributed by atoms with Gasteiger partial charge in [0.2, 0.25) is 0 Å². The van der Waals surface area contributed by atoms with Gasteiger partial charge in [0, 0.05) is 24.0 Å². The maximum Gasteiger partial charge on any atom is 0.407 e. The molecular weight excluding hydrogens is 532 g/mol. The molecule has 7 atom stereocenters. The molecule has 5 rings (SSSR count). The van der Waals surface area contributed by atoms with Crippen LogP contribution in [0.15, 0.2) is 40.8 Å². The van der Waals surface area contributed by atoms with E-state index in [2.05, 4.69) is 43.3 Å². The van der Waals surface area contributed by atoms with Crippen LogP contribution in [0.3, 0.4) is 0 Å². The van der Waals surface area contributed by atoms with Crippen molar-refractivity contribution >= 4 is 17.4 Å². The Morgan fingerprint density at radius 2 is 2.05 bits per heavy atom. The first-order valence-corrected chi connectivity index (χ1v) is 16.8. The number of aliphatic hydroxyl groups excluding tert-OH is 2. The molecule has 0 radical (unpaired) electrons. The molecule has 6 nitrogen and oxygen atoms in total. The molecular formula is C34H50N2O4S. The number of allylic oxidation sites excluding steroid dienone is 3. The number of nitrogens with zero attached hydrogens (tertiary/aromatic N) is 1. The molecule has 3 N–H and O–H groups in total. The highest BCUT2D eigenvalue weighted by Gasteiger charge is 2.56. The van der Waals surface area contributed by atoms with Gasteiger partial charge in [0.05, 0.1) is 17.6 Å². The molecule has 0 bridgehead atoms. The Morgan fingerprint density at radius 3 is 2.73 bits per heavy atom. The minimum atomic E-state index is -0.646. The third-order valence-electron chi connectivity index (χ3n) is 10.9. The number of thiazole rings is 1. The number of amides is 1. The number of nitrogens with one attached hydrogen (secondary N) is 1. The number of ether oxygens (including phenoxy) is 1. The molecule has 0 unspecified atom stereocenters. The first-order chi connectivity index (χ1) is 19.6. The van der Waals surface area contributed by atoms with E-state index in [1.807, 2.05) is 13.8 Å². The van der Waals surface area contributed by atoms with Crippen LogP contribution in [0, 0.1) is 30.1 Å². The number of hydrogen-bond acceptors (Lipinski definition) is 6. The summed E-state index contributed by atoms with van der Waals surface area (Å²) in [5, 5.41) is 26.5. The average Bonchev–Trinajstić information content (AvgIpc) is 3.48. The van der Waals surface area contributed by atoms with Crippen molar-refractivity contribution in [3.63, 3.8) is 0 Å². The maximum absolute atomic E-state index is 12.6. The van der Waals surface area contributed by atoms with Gasteiger partial charge in [-0.1, -0.05) is 38.2 Å². The summed E-state index contributed by atoms with van der Waals surface area (Å²) >= 11 is 1.71. The maximum atomic E-state index is 12.6. The summed E-state index contributed by atoms with van der Waals surface area (Å²) in [6, 6.07) is 0. The monoisotopic (exact) mass is 582 g/mol. The normalized spacial score (nSPS) is 34.3. The van der Waals surface area contributed by atoms with Gasteiger partial charge in [0.25, 0.3) is 0 Å². The Hall–Kier alpha value is -1.96. The van der Waals surface area contributed by atoms with Crippen LogP contribution >= 0.6 is 11.3 Å². The minimum Gasteiger partial charge on any atom is -0.445 e. The van der Waals surface area contributed by atoms with E-state index in [9.17, 15) is 15.0 Å². The number of hydrogen-bond donors (Lipinski definition) is 3. The van der Waals surface area contributed by atoms with Gasteiger partial charge in [-0.3, -0.25) is 0 Å². The van der Waals surface area contributed by atoms with Gasteiger partial charge in [-0.2, -0.15) is 0 Å². The van der Waals surface area contributed by atoms with Crippen molar-refractivity contribution in [1.29, 1.82) is 0 Å². The molecule has 0 spiro atoms. The van der Waals surface area contributed by atoms with Crippen LogP contribution < -0.4 is 5.32 Å². The van der Waals surface area contributed by atoms with Gasteiger partial charge in [0.1, 0.15) is 11.1 Å². The van der Waals surface area contributed by atoms with Crippen molar-refractivity contribution in [3.05, 3.63) is 51.5 Å². The smallest absolute Gasteiger partial charge is 0.407 e. The number of alkyl carbamates (subject to hydrolysis) is 1. The summed E-state index contributed by atoms with van der Waals surface area (Å²) < 4.78 is 6.12. The second-order valence-corrected chi connectivity index (χ2v) is 14.5. The first-order valence-electron chi connectivity index (χ1n) is 15.9. The van der Waals surface area contributed by atoms with E-state index in [1.165, 1.54) is 31.3 Å². The van der Waals surface area contributed by atoms with Crippen LogP contribution in [-0.4, -0.2) is 46.1 Å². The zero-order valence-electron chi connectivity index (χ0n) is 25.5. The molecule has 1 amide bonds. The van der Waals surface area contributed by atoms with Gasteiger partial charge in [-0.15, -0.1) is 11.3 Å². The number of carbonyl (C=O) groups is 1. The fourth-order valence-corrected chi connectivity index (χ4v) is 9.55. The second-order valence-electron chi connectivity index (χ2n) is 13.6. The summed E-state index contributed by atoms with van der Waals surface area (Å²) in [7, 11) is 0. The van der Waals surface area contributed by atoms with Crippen LogP contribution in [0.1, 0.15) is 102 Å². The van der Waals surface area contributed by atoms with Gasteiger partial charge >= 0.3 is 6.09 Å². The highest BCUT2D eigenvalue weighted by Crippen LogP contribution is 2.60. The lowest BCUT2D eigenvalue weighted by Crippen LogP contribution is -2.38. The highest BCUT2D eigenvalue weighted by molar-refractivity contribution is 7.09. The zero-order chi connectivity index (χ0) is 29.4. The molecule has 7 heteroatoms. The lowest BCUT2D eigenvalue weighted by Gasteiger charge is -2.44. The Kier molecular flexibility index (Phi) is 9.18. The standard InChI is InChI=1S/C34H50N2O4S/c1-6-35-32(39)40-30(34(16-17-34)31-36-22(3)20-41-31)14-9-21(2)27-12-13-28-24(8-7-15-33(27,28)5)10-11-25-18-26(37)19-29(38)23(25)4/h10-11,20-21,26-30,37-38H,4,6-9,12-19H2,1-3,5H3,(H,35,39)/b24-10+,25-11-/t21-,26-,27-,28+,29+,30+,33-/m1/s1. The van der Waals surface area contributed by atoms with Crippen molar-refractivity contribution in [3.8, 4) is 0 Å². The van der Waals surface area contributed by atoms with E-state index in [4.69, 9.17) is 9.72 Å². The van der Waals surface area contributed by atoms with Gasteiger partial charge in [-0.05, 0) is 112 Å². The number of aryl methyl sites for hydroxylation is 1. The Bertz CT molecular complexity index is 1180. The molecule has 226 valence electrons. The number of fused-ring (bicyclic) bond motifs is 1. The molecule has 0 aromatic carbocycles. The molecule has 4 fully saturated rings. The number of aromatic nitrogens is 1. The van der Waals surface area contributed by atoms with Gasteiger partial charge < -0.3 is 20.3 Å². The summed E-state index contributed by atoms with van der Waals surface area (Å²) in [6.07, 6.45) is 13.8. The molecule has 1 aromatic heterocycles. The Balaban J connectivity index is 1.28. The third kappa shape index (κ3) is 6.23. The van der Waals surface area contributed by atoms with Crippen molar-refractivity contribution in [1.82, 2.24) is 10.3 Å². The highest BCUT2D eigenvalue weighted by atomic mass is 32.1. The lowest BCUT2D eigenvalue weighted by molar-refractivity contribution is 0.0525. The van der Waals surface area contributed by atoms with E-state index < -0.39 is 12.2 Å². The average molecular weight is 583 g/mol. The van der Waals surface area contributed by atoms with Gasteiger partial charge in [0.15, 0.2) is 0 Å². The summed E-state index contributed by atoms with van der Waals surface area (Å²) in [4.78, 5) is 17.4. The SMILES string of the molecule is C=C1/C(=C\C=C2/CCC[C@]3(C)[C@@H]([C@H](C)CC[C@H](OC(=O)NCC)C4(c5nc(C)cs5)CC4)CC[C@@H]23)C[C@@H](O)C[C@@H]1O. The van der Waals surface area contributed by atoms with E-state index in [-0.39, 0.29) is 23.0 Å². The van der Waals surface area contributed by atoms with Gasteiger partial charge in [-0.25, -0.2) is 9.78 Å². The second kappa shape index (κ2) is 12.3. The summed E-state index contributed by atoms with van der Waals surface area (Å²) in [5.41, 5.74) is 4.46. The quantitative estimate of drug-likeness (QED) is 0.287.